The molecule has 7 heteroatoms. The average Bonchev–Trinajstić information content (AvgIpc) is 2.62. The lowest BCUT2D eigenvalue weighted by Gasteiger charge is -2.12. The number of benzene rings is 2. The summed E-state index contributed by atoms with van der Waals surface area (Å²) in [6, 6.07) is 11.2. The fourth-order valence-corrected chi connectivity index (χ4v) is 2.76. The van der Waals surface area contributed by atoms with Gasteiger partial charge in [-0.15, -0.1) is 10.2 Å². The van der Waals surface area contributed by atoms with Crippen LogP contribution >= 0.6 is 0 Å². The van der Waals surface area contributed by atoms with Gasteiger partial charge in [0.05, 0.1) is 25.4 Å². The molecular formula is C18H18N4O3. The summed E-state index contributed by atoms with van der Waals surface area (Å²) in [5.41, 5.74) is 14.0. The first-order chi connectivity index (χ1) is 12.0. The number of ether oxygens (including phenoxy) is 2. The van der Waals surface area contributed by atoms with Gasteiger partial charge < -0.3 is 20.9 Å². The smallest absolute Gasteiger partial charge is 0.271 e. The van der Waals surface area contributed by atoms with Gasteiger partial charge in [-0.3, -0.25) is 4.79 Å². The molecule has 1 heterocycles. The number of carbonyl (C=O) groups is 1. The second kappa shape index (κ2) is 6.64. The van der Waals surface area contributed by atoms with Crippen LogP contribution in [0.3, 0.4) is 0 Å². The van der Waals surface area contributed by atoms with Gasteiger partial charge in [-0.25, -0.2) is 0 Å². The molecule has 0 saturated heterocycles. The Morgan fingerprint density at radius 3 is 2.56 bits per heavy atom. The lowest BCUT2D eigenvalue weighted by Crippen LogP contribution is -2.17. The predicted octanol–water partition coefficient (Wildman–Crippen LogP) is 1.92. The molecule has 3 aromatic rings. The zero-order valence-electron chi connectivity index (χ0n) is 13.9. The van der Waals surface area contributed by atoms with Crippen LogP contribution in [-0.2, 0) is 6.42 Å². The Balaban J connectivity index is 2.11. The molecule has 3 rings (SSSR count). The number of fused-ring (bicyclic) bond motifs is 1. The van der Waals surface area contributed by atoms with E-state index in [1.165, 1.54) is 0 Å². The van der Waals surface area contributed by atoms with Crippen LogP contribution in [0.2, 0.25) is 0 Å². The lowest BCUT2D eigenvalue weighted by molar-refractivity contribution is 0.0996. The number of carbonyl (C=O) groups excluding carboxylic acids is 1. The Kier molecular flexibility index (Phi) is 4.38. The summed E-state index contributed by atoms with van der Waals surface area (Å²) in [5.74, 6) is 0.775. The van der Waals surface area contributed by atoms with Crippen molar-refractivity contribution in [3.05, 3.63) is 53.2 Å². The van der Waals surface area contributed by atoms with Gasteiger partial charge in [-0.05, 0) is 23.8 Å². The van der Waals surface area contributed by atoms with Crippen molar-refractivity contribution in [2.24, 2.45) is 5.73 Å². The third-order valence-electron chi connectivity index (χ3n) is 4.02. The SMILES string of the molecule is COc1ccc(OC)c(Cc2cccc3c(N)c(C(N)=O)nnc23)c1. The van der Waals surface area contributed by atoms with Crippen molar-refractivity contribution in [1.82, 2.24) is 10.2 Å². The zero-order valence-corrected chi connectivity index (χ0v) is 13.9. The molecule has 0 atom stereocenters. The van der Waals surface area contributed by atoms with Gasteiger partial charge in [0.1, 0.15) is 11.5 Å². The number of nitrogen functional groups attached to an aromatic ring is 1. The van der Waals surface area contributed by atoms with Crippen molar-refractivity contribution < 1.29 is 14.3 Å². The van der Waals surface area contributed by atoms with Crippen LogP contribution in [0.25, 0.3) is 10.9 Å². The Hall–Kier alpha value is -3.35. The van der Waals surface area contributed by atoms with Crippen molar-refractivity contribution in [2.45, 2.75) is 6.42 Å². The molecule has 0 bridgehead atoms. The minimum atomic E-state index is -0.702. The van der Waals surface area contributed by atoms with Crippen molar-refractivity contribution >= 4 is 22.5 Å². The van der Waals surface area contributed by atoms with E-state index in [1.54, 1.807) is 20.3 Å². The van der Waals surface area contributed by atoms with Crippen LogP contribution in [0.4, 0.5) is 5.69 Å². The second-order valence-electron chi connectivity index (χ2n) is 5.49. The highest BCUT2D eigenvalue weighted by Gasteiger charge is 2.15. The third-order valence-corrected chi connectivity index (χ3v) is 4.02. The highest BCUT2D eigenvalue weighted by atomic mass is 16.5. The topological polar surface area (TPSA) is 113 Å². The van der Waals surface area contributed by atoms with Crippen LogP contribution in [0, 0.1) is 0 Å². The third kappa shape index (κ3) is 3.03. The zero-order chi connectivity index (χ0) is 18.0. The van der Waals surface area contributed by atoms with Crippen molar-refractivity contribution in [2.75, 3.05) is 20.0 Å². The molecule has 1 amide bonds. The minimum Gasteiger partial charge on any atom is -0.497 e. The molecule has 128 valence electrons. The molecule has 1 aromatic heterocycles. The minimum absolute atomic E-state index is 0.0244. The first-order valence-corrected chi connectivity index (χ1v) is 7.59. The molecule has 2 aromatic carbocycles. The van der Waals surface area contributed by atoms with E-state index >= 15 is 0 Å². The van der Waals surface area contributed by atoms with Gasteiger partial charge in [-0.1, -0.05) is 18.2 Å². The Labute approximate surface area is 144 Å². The number of hydrogen-bond donors (Lipinski definition) is 2. The van der Waals surface area contributed by atoms with E-state index in [1.807, 2.05) is 30.3 Å². The number of aromatic nitrogens is 2. The van der Waals surface area contributed by atoms with Gasteiger partial charge in [-0.2, -0.15) is 0 Å². The quantitative estimate of drug-likeness (QED) is 0.735. The lowest BCUT2D eigenvalue weighted by atomic mass is 10.00. The normalized spacial score (nSPS) is 10.6. The molecule has 7 nitrogen and oxygen atoms in total. The molecular weight excluding hydrogens is 320 g/mol. The fourth-order valence-electron chi connectivity index (χ4n) is 2.76. The first-order valence-electron chi connectivity index (χ1n) is 7.59. The summed E-state index contributed by atoms with van der Waals surface area (Å²) in [6.45, 7) is 0. The van der Waals surface area contributed by atoms with E-state index in [4.69, 9.17) is 20.9 Å². The Bertz CT molecular complexity index is 956. The number of hydrogen-bond acceptors (Lipinski definition) is 6. The first kappa shape index (κ1) is 16.5. The Morgan fingerprint density at radius 2 is 1.88 bits per heavy atom. The van der Waals surface area contributed by atoms with Crippen LogP contribution < -0.4 is 20.9 Å². The van der Waals surface area contributed by atoms with Gasteiger partial charge >= 0.3 is 0 Å². The van der Waals surface area contributed by atoms with Crippen LogP contribution in [0.1, 0.15) is 21.6 Å². The number of rotatable bonds is 5. The fraction of sp³-hybridized carbons (Fsp3) is 0.167. The Morgan fingerprint density at radius 1 is 1.08 bits per heavy atom. The summed E-state index contributed by atoms with van der Waals surface area (Å²) >= 11 is 0. The summed E-state index contributed by atoms with van der Waals surface area (Å²) in [4.78, 5) is 11.4. The summed E-state index contributed by atoms with van der Waals surface area (Å²) < 4.78 is 10.7. The van der Waals surface area contributed by atoms with Gasteiger partial charge in [0, 0.05) is 17.4 Å². The highest BCUT2D eigenvalue weighted by Crippen LogP contribution is 2.30. The van der Waals surface area contributed by atoms with Crippen molar-refractivity contribution in [1.29, 1.82) is 0 Å². The highest BCUT2D eigenvalue weighted by molar-refractivity contribution is 6.04. The number of methoxy groups -OCH3 is 2. The average molecular weight is 338 g/mol. The number of nitrogens with zero attached hydrogens (tertiary/aromatic N) is 2. The molecule has 0 spiro atoms. The number of anilines is 1. The molecule has 0 aliphatic heterocycles. The maximum atomic E-state index is 11.4. The van der Waals surface area contributed by atoms with Crippen LogP contribution in [-0.4, -0.2) is 30.3 Å². The van der Waals surface area contributed by atoms with E-state index in [0.717, 1.165) is 22.6 Å². The largest absolute Gasteiger partial charge is 0.497 e. The number of amides is 1. The van der Waals surface area contributed by atoms with E-state index in [2.05, 4.69) is 10.2 Å². The molecule has 0 fully saturated rings. The van der Waals surface area contributed by atoms with Crippen LogP contribution in [0.15, 0.2) is 36.4 Å². The monoisotopic (exact) mass is 338 g/mol. The second-order valence-corrected chi connectivity index (χ2v) is 5.49. The van der Waals surface area contributed by atoms with E-state index in [0.29, 0.717) is 17.3 Å². The molecule has 0 aliphatic carbocycles. The molecule has 0 unspecified atom stereocenters. The molecule has 25 heavy (non-hydrogen) atoms. The maximum Gasteiger partial charge on any atom is 0.271 e. The van der Waals surface area contributed by atoms with Gasteiger partial charge in [0.15, 0.2) is 5.69 Å². The molecule has 4 N–H and O–H groups in total. The molecule has 0 radical (unpaired) electrons. The predicted molar refractivity (Wildman–Crippen MR) is 94.8 cm³/mol. The summed E-state index contributed by atoms with van der Waals surface area (Å²) in [7, 11) is 3.23. The van der Waals surface area contributed by atoms with Crippen LogP contribution in [0.5, 0.6) is 11.5 Å². The maximum absolute atomic E-state index is 11.4. The van der Waals surface area contributed by atoms with E-state index in [-0.39, 0.29) is 11.4 Å². The van der Waals surface area contributed by atoms with Crippen molar-refractivity contribution in [3.63, 3.8) is 0 Å². The summed E-state index contributed by atoms with van der Waals surface area (Å²) in [5, 5.41) is 8.68. The standard InChI is InChI=1S/C18H18N4O3/c1-24-12-6-7-14(25-2)11(9-12)8-10-4-3-5-13-15(19)17(18(20)23)22-21-16(10)13/h3-7,9H,8H2,1-2H3,(H2,19,21)(H2,20,23). The number of nitrogens with two attached hydrogens (primary N) is 2. The molecule has 0 aliphatic rings. The molecule has 0 saturated carbocycles. The van der Waals surface area contributed by atoms with Crippen molar-refractivity contribution in [3.8, 4) is 11.5 Å². The van der Waals surface area contributed by atoms with E-state index < -0.39 is 5.91 Å². The van der Waals surface area contributed by atoms with E-state index in [9.17, 15) is 4.79 Å². The van der Waals surface area contributed by atoms with Gasteiger partial charge in [0.2, 0.25) is 0 Å². The van der Waals surface area contributed by atoms with Gasteiger partial charge in [0.25, 0.3) is 5.91 Å². The summed E-state index contributed by atoms with van der Waals surface area (Å²) in [6.07, 6.45) is 0.543. The number of primary amides is 1.